The smallest absolute Gasteiger partial charge is 0.274 e. The Kier molecular flexibility index (Phi) is 4.05. The van der Waals surface area contributed by atoms with E-state index < -0.39 is 0 Å². The molecule has 3 aromatic rings. The van der Waals surface area contributed by atoms with E-state index in [2.05, 4.69) is 14.9 Å². The Bertz CT molecular complexity index is 1110. The lowest BCUT2D eigenvalue weighted by Gasteiger charge is -2.18. The zero-order valence-electron chi connectivity index (χ0n) is 16.0. The van der Waals surface area contributed by atoms with Gasteiger partial charge in [0.05, 0.1) is 29.4 Å². The van der Waals surface area contributed by atoms with Crippen LogP contribution in [0.15, 0.2) is 16.9 Å². The minimum absolute atomic E-state index is 0.184. The first kappa shape index (κ1) is 17.4. The molecule has 1 fully saturated rings. The minimum atomic E-state index is -0.216. The molecule has 0 unspecified atom stereocenters. The standard InChI is InChI=1S/C19H23N5O3/c1-11-16-17(25)21-13-9-12(18(26)22(2)3)15(27-4)10-14(13)24(16)19(20-11)23-7-5-6-8-23/h9-10H,5-8H2,1-4H3,(H,21,25). The predicted molar refractivity (Wildman–Crippen MR) is 104 cm³/mol. The molecule has 27 heavy (non-hydrogen) atoms. The number of aryl methyl sites for hydroxylation is 1. The van der Waals surface area contributed by atoms with Crippen LogP contribution in [0.2, 0.25) is 0 Å². The van der Waals surface area contributed by atoms with Crippen molar-refractivity contribution in [1.29, 1.82) is 0 Å². The number of ether oxygens (including phenoxy) is 1. The van der Waals surface area contributed by atoms with Gasteiger partial charge in [0.15, 0.2) is 0 Å². The van der Waals surface area contributed by atoms with Crippen molar-refractivity contribution in [3.05, 3.63) is 33.7 Å². The summed E-state index contributed by atoms with van der Waals surface area (Å²) in [4.78, 5) is 36.5. The summed E-state index contributed by atoms with van der Waals surface area (Å²) in [6.45, 7) is 3.68. The molecule has 1 aliphatic rings. The van der Waals surface area contributed by atoms with Gasteiger partial charge in [0.2, 0.25) is 5.95 Å². The summed E-state index contributed by atoms with van der Waals surface area (Å²) >= 11 is 0. The third kappa shape index (κ3) is 2.63. The quantitative estimate of drug-likeness (QED) is 0.761. The molecule has 0 saturated carbocycles. The van der Waals surface area contributed by atoms with Gasteiger partial charge in [-0.25, -0.2) is 4.98 Å². The number of H-pyrrole nitrogens is 1. The Hall–Kier alpha value is -3.03. The van der Waals surface area contributed by atoms with E-state index in [4.69, 9.17) is 4.74 Å². The second-order valence-electron chi connectivity index (χ2n) is 7.10. The van der Waals surface area contributed by atoms with E-state index in [0.29, 0.717) is 28.0 Å². The maximum absolute atomic E-state index is 12.7. The zero-order chi connectivity index (χ0) is 19.3. The fraction of sp³-hybridized carbons (Fsp3) is 0.421. The number of methoxy groups -OCH3 is 1. The molecule has 1 saturated heterocycles. The summed E-state index contributed by atoms with van der Waals surface area (Å²) in [5, 5.41) is 0. The fourth-order valence-corrected chi connectivity index (χ4v) is 3.75. The highest BCUT2D eigenvalue weighted by molar-refractivity contribution is 6.00. The van der Waals surface area contributed by atoms with E-state index in [-0.39, 0.29) is 11.5 Å². The first-order valence-corrected chi connectivity index (χ1v) is 9.02. The van der Waals surface area contributed by atoms with Crippen molar-refractivity contribution >= 4 is 28.4 Å². The van der Waals surface area contributed by atoms with Gasteiger partial charge in [-0.15, -0.1) is 0 Å². The number of nitrogens with one attached hydrogen (secondary N) is 1. The topological polar surface area (TPSA) is 82.9 Å². The predicted octanol–water partition coefficient (Wildman–Crippen LogP) is 1.79. The first-order chi connectivity index (χ1) is 12.9. The van der Waals surface area contributed by atoms with Crippen LogP contribution in [0.1, 0.15) is 28.9 Å². The number of nitrogens with zero attached hydrogens (tertiary/aromatic N) is 4. The Labute approximate surface area is 156 Å². The third-order valence-corrected chi connectivity index (χ3v) is 5.08. The number of hydrogen-bond donors (Lipinski definition) is 1. The number of imidazole rings is 1. The Morgan fingerprint density at radius 1 is 1.26 bits per heavy atom. The van der Waals surface area contributed by atoms with Gasteiger partial charge in [0.25, 0.3) is 11.5 Å². The van der Waals surface area contributed by atoms with Crippen LogP contribution in [-0.4, -0.2) is 59.5 Å². The van der Waals surface area contributed by atoms with Gasteiger partial charge in [0.1, 0.15) is 11.3 Å². The molecule has 3 heterocycles. The van der Waals surface area contributed by atoms with Crippen molar-refractivity contribution in [1.82, 2.24) is 19.3 Å². The Balaban J connectivity index is 2.08. The fourth-order valence-electron chi connectivity index (χ4n) is 3.75. The monoisotopic (exact) mass is 369 g/mol. The summed E-state index contributed by atoms with van der Waals surface area (Å²) in [5.41, 5.74) is 2.75. The van der Waals surface area contributed by atoms with E-state index in [0.717, 1.165) is 37.4 Å². The number of aromatic amines is 1. The van der Waals surface area contributed by atoms with E-state index in [9.17, 15) is 9.59 Å². The Morgan fingerprint density at radius 3 is 2.59 bits per heavy atom. The van der Waals surface area contributed by atoms with Gasteiger partial charge < -0.3 is 19.5 Å². The number of carbonyl (C=O) groups excluding carboxylic acids is 1. The lowest BCUT2D eigenvalue weighted by molar-refractivity contribution is 0.0824. The number of hydrogen-bond acceptors (Lipinski definition) is 5. The van der Waals surface area contributed by atoms with Gasteiger partial charge in [-0.1, -0.05) is 0 Å². The minimum Gasteiger partial charge on any atom is -0.496 e. The molecule has 8 heteroatoms. The van der Waals surface area contributed by atoms with E-state index in [1.54, 1.807) is 26.2 Å². The highest BCUT2D eigenvalue weighted by Crippen LogP contribution is 2.30. The lowest BCUT2D eigenvalue weighted by atomic mass is 10.1. The van der Waals surface area contributed by atoms with Crippen LogP contribution in [0, 0.1) is 6.92 Å². The number of rotatable bonds is 3. The number of amides is 1. The molecule has 0 aliphatic carbocycles. The average Bonchev–Trinajstić information content (AvgIpc) is 3.28. The van der Waals surface area contributed by atoms with Gasteiger partial charge in [-0.2, -0.15) is 0 Å². The molecule has 8 nitrogen and oxygen atoms in total. The van der Waals surface area contributed by atoms with Crippen LogP contribution in [0.3, 0.4) is 0 Å². The van der Waals surface area contributed by atoms with Gasteiger partial charge in [0, 0.05) is 33.3 Å². The third-order valence-electron chi connectivity index (χ3n) is 5.08. The molecule has 142 valence electrons. The van der Waals surface area contributed by atoms with Crippen LogP contribution < -0.4 is 15.2 Å². The summed E-state index contributed by atoms with van der Waals surface area (Å²) in [7, 11) is 4.91. The number of anilines is 1. The summed E-state index contributed by atoms with van der Waals surface area (Å²) in [6, 6.07) is 3.48. The Morgan fingerprint density at radius 2 is 1.96 bits per heavy atom. The number of benzene rings is 1. The van der Waals surface area contributed by atoms with Crippen molar-refractivity contribution in [2.45, 2.75) is 19.8 Å². The molecule has 0 bridgehead atoms. The summed E-state index contributed by atoms with van der Waals surface area (Å²) in [6.07, 6.45) is 2.22. The first-order valence-electron chi connectivity index (χ1n) is 9.02. The van der Waals surface area contributed by atoms with E-state index in [1.807, 2.05) is 11.3 Å². The second kappa shape index (κ2) is 6.29. The maximum atomic E-state index is 12.7. The van der Waals surface area contributed by atoms with Gasteiger partial charge in [-0.05, 0) is 25.8 Å². The van der Waals surface area contributed by atoms with Crippen LogP contribution in [-0.2, 0) is 0 Å². The van der Waals surface area contributed by atoms with Crippen molar-refractivity contribution in [3.8, 4) is 5.75 Å². The van der Waals surface area contributed by atoms with Crippen molar-refractivity contribution in [2.24, 2.45) is 0 Å². The molecule has 1 aliphatic heterocycles. The molecular weight excluding hydrogens is 346 g/mol. The van der Waals surface area contributed by atoms with Crippen LogP contribution >= 0.6 is 0 Å². The molecule has 0 atom stereocenters. The van der Waals surface area contributed by atoms with E-state index >= 15 is 0 Å². The van der Waals surface area contributed by atoms with Crippen molar-refractivity contribution in [2.75, 3.05) is 39.2 Å². The highest BCUT2D eigenvalue weighted by atomic mass is 16.5. The lowest BCUT2D eigenvalue weighted by Crippen LogP contribution is -2.23. The van der Waals surface area contributed by atoms with Crippen molar-refractivity contribution < 1.29 is 9.53 Å². The molecule has 2 aromatic heterocycles. The van der Waals surface area contributed by atoms with Crippen LogP contribution in [0.5, 0.6) is 5.75 Å². The number of carbonyl (C=O) groups is 1. The van der Waals surface area contributed by atoms with Gasteiger partial charge in [-0.3, -0.25) is 14.0 Å². The molecule has 0 spiro atoms. The van der Waals surface area contributed by atoms with Crippen LogP contribution in [0.25, 0.3) is 16.6 Å². The second-order valence-corrected chi connectivity index (χ2v) is 7.10. The number of fused-ring (bicyclic) bond motifs is 3. The largest absolute Gasteiger partial charge is 0.496 e. The molecule has 1 N–H and O–H groups in total. The van der Waals surface area contributed by atoms with Crippen LogP contribution in [0.4, 0.5) is 5.95 Å². The molecule has 1 aromatic carbocycles. The zero-order valence-corrected chi connectivity index (χ0v) is 16.0. The summed E-state index contributed by atoms with van der Waals surface area (Å²) in [5.74, 6) is 1.05. The van der Waals surface area contributed by atoms with Crippen molar-refractivity contribution in [3.63, 3.8) is 0 Å². The number of aromatic nitrogens is 3. The molecule has 0 radical (unpaired) electrons. The normalized spacial score (nSPS) is 14.3. The maximum Gasteiger partial charge on any atom is 0.274 e. The SMILES string of the molecule is COc1cc2c(cc1C(=O)N(C)C)[nH]c(=O)c1c(C)nc(N3CCCC3)n12. The molecular formula is C19H23N5O3. The van der Waals surface area contributed by atoms with E-state index in [1.165, 1.54) is 12.0 Å². The summed E-state index contributed by atoms with van der Waals surface area (Å²) < 4.78 is 7.38. The highest BCUT2D eigenvalue weighted by Gasteiger charge is 2.24. The van der Waals surface area contributed by atoms with Gasteiger partial charge >= 0.3 is 0 Å². The molecule has 1 amide bonds. The molecule has 4 rings (SSSR count). The average molecular weight is 369 g/mol.